The van der Waals surface area contributed by atoms with Gasteiger partial charge >= 0.3 is 0 Å². The van der Waals surface area contributed by atoms with Crippen LogP contribution in [0.4, 0.5) is 0 Å². The molecule has 0 aliphatic carbocycles. The van der Waals surface area contributed by atoms with Crippen LogP contribution in [0.25, 0.3) is 0 Å². The fourth-order valence-corrected chi connectivity index (χ4v) is 2.52. The second-order valence-corrected chi connectivity index (χ2v) is 6.39. The number of rotatable bonds is 6. The van der Waals surface area contributed by atoms with Crippen molar-refractivity contribution < 1.29 is 4.57 Å². The Balaban J connectivity index is 3.69. The first-order valence-corrected chi connectivity index (χ1v) is 6.42. The van der Waals surface area contributed by atoms with Gasteiger partial charge in [-0.15, -0.1) is 13.2 Å². The third-order valence-electron chi connectivity index (χ3n) is 1.61. The highest BCUT2D eigenvalue weighted by Crippen LogP contribution is 2.42. The van der Waals surface area contributed by atoms with E-state index in [0.717, 1.165) is 25.2 Å². The molecule has 0 rings (SSSR count). The summed E-state index contributed by atoms with van der Waals surface area (Å²) in [5.74, 6) is 0. The van der Waals surface area contributed by atoms with Crippen molar-refractivity contribution in [3.05, 3.63) is 25.3 Å². The van der Waals surface area contributed by atoms with Gasteiger partial charge in [-0.2, -0.15) is 0 Å². The van der Waals surface area contributed by atoms with E-state index in [1.54, 1.807) is 0 Å². The average Bonchev–Trinajstić information content (AvgIpc) is 1.97. The minimum absolute atomic E-state index is 0.796. The molecule has 0 N–H and O–H groups in total. The maximum atomic E-state index is 11.6. The molecule has 0 spiro atoms. The topological polar surface area (TPSA) is 17.1 Å². The van der Waals surface area contributed by atoms with Gasteiger partial charge in [-0.05, 0) is 19.5 Å². The van der Waals surface area contributed by atoms with Crippen molar-refractivity contribution in [2.24, 2.45) is 0 Å². The Morgan fingerprint density at radius 2 is 1.55 bits per heavy atom. The molecule has 0 aliphatic rings. The van der Waals surface area contributed by atoms with Gasteiger partial charge in [-0.25, -0.2) is 0 Å². The largest absolute Gasteiger partial charge is 0.324 e. The summed E-state index contributed by atoms with van der Waals surface area (Å²) in [5.41, 5.74) is 0. The molecular weight excluding hydrogens is 155 g/mol. The van der Waals surface area contributed by atoms with Crippen LogP contribution in [0.2, 0.25) is 0 Å². The van der Waals surface area contributed by atoms with Crippen LogP contribution in [0, 0.1) is 0 Å². The average molecular weight is 172 g/mol. The van der Waals surface area contributed by atoms with Crippen molar-refractivity contribution in [2.45, 2.75) is 12.8 Å². The fraction of sp³-hybridized carbons (Fsp3) is 0.556. The van der Waals surface area contributed by atoms with E-state index in [1.165, 1.54) is 0 Å². The second kappa shape index (κ2) is 5.37. The molecule has 0 aromatic heterocycles. The first-order chi connectivity index (χ1) is 5.12. The van der Waals surface area contributed by atoms with Crippen LogP contribution in [0.1, 0.15) is 12.8 Å². The maximum Gasteiger partial charge on any atom is 0.0854 e. The smallest absolute Gasteiger partial charge is 0.0854 e. The minimum atomic E-state index is -1.87. The summed E-state index contributed by atoms with van der Waals surface area (Å²) in [4.78, 5) is 0. The van der Waals surface area contributed by atoms with Crippen molar-refractivity contribution in [1.82, 2.24) is 0 Å². The summed E-state index contributed by atoms with van der Waals surface area (Å²) in [5, 5.41) is 0. The standard InChI is InChI=1S/C9H17OP/c1-4-6-8-11(3,10)9-7-5-2/h4-5H,1-2,6-9H2,3H3. The molecule has 0 heterocycles. The van der Waals surface area contributed by atoms with E-state index in [-0.39, 0.29) is 0 Å². The molecule has 0 unspecified atom stereocenters. The van der Waals surface area contributed by atoms with E-state index in [1.807, 2.05) is 18.8 Å². The Labute approximate surface area is 69.6 Å². The summed E-state index contributed by atoms with van der Waals surface area (Å²) < 4.78 is 11.6. The van der Waals surface area contributed by atoms with E-state index in [9.17, 15) is 4.57 Å². The molecule has 0 aliphatic heterocycles. The third kappa shape index (κ3) is 6.12. The third-order valence-corrected chi connectivity index (χ3v) is 4.02. The second-order valence-electron chi connectivity index (χ2n) is 2.90. The summed E-state index contributed by atoms with van der Waals surface area (Å²) in [6, 6.07) is 0. The van der Waals surface area contributed by atoms with E-state index in [0.29, 0.717) is 0 Å². The van der Waals surface area contributed by atoms with Gasteiger partial charge in [0.2, 0.25) is 0 Å². The zero-order chi connectivity index (χ0) is 8.74. The van der Waals surface area contributed by atoms with Gasteiger partial charge in [0.05, 0.1) is 7.14 Å². The van der Waals surface area contributed by atoms with Crippen LogP contribution >= 0.6 is 7.14 Å². The normalized spacial score (nSPS) is 11.0. The first kappa shape index (κ1) is 10.7. The zero-order valence-corrected chi connectivity index (χ0v) is 8.15. The van der Waals surface area contributed by atoms with Gasteiger partial charge in [0.25, 0.3) is 0 Å². The van der Waals surface area contributed by atoms with Gasteiger partial charge < -0.3 is 4.57 Å². The molecule has 2 heteroatoms. The van der Waals surface area contributed by atoms with Crippen molar-refractivity contribution in [3.63, 3.8) is 0 Å². The predicted octanol–water partition coefficient (Wildman–Crippen LogP) is 3.13. The van der Waals surface area contributed by atoms with Crippen molar-refractivity contribution in [2.75, 3.05) is 19.0 Å². The monoisotopic (exact) mass is 172 g/mol. The summed E-state index contributed by atoms with van der Waals surface area (Å²) in [6.45, 7) is 9.07. The summed E-state index contributed by atoms with van der Waals surface area (Å²) in [6.07, 6.45) is 6.97. The van der Waals surface area contributed by atoms with E-state index >= 15 is 0 Å². The lowest BCUT2D eigenvalue weighted by Crippen LogP contribution is -1.91. The van der Waals surface area contributed by atoms with Gasteiger partial charge in [-0.1, -0.05) is 12.2 Å². The fourth-order valence-electron chi connectivity index (χ4n) is 0.841. The Bertz CT molecular complexity index is 156. The van der Waals surface area contributed by atoms with E-state index in [2.05, 4.69) is 13.2 Å². The number of allylic oxidation sites excluding steroid dienone is 2. The molecule has 0 aromatic carbocycles. The molecule has 0 radical (unpaired) electrons. The molecule has 1 nitrogen and oxygen atoms in total. The molecule has 0 bridgehead atoms. The molecule has 0 amide bonds. The van der Waals surface area contributed by atoms with Crippen LogP contribution in [-0.4, -0.2) is 19.0 Å². The summed E-state index contributed by atoms with van der Waals surface area (Å²) in [7, 11) is -1.87. The predicted molar refractivity (Wildman–Crippen MR) is 52.9 cm³/mol. The zero-order valence-electron chi connectivity index (χ0n) is 7.25. The first-order valence-electron chi connectivity index (χ1n) is 3.90. The highest BCUT2D eigenvalue weighted by atomic mass is 31.2. The molecule has 0 aromatic rings. The minimum Gasteiger partial charge on any atom is -0.324 e. The van der Waals surface area contributed by atoms with Crippen molar-refractivity contribution >= 4 is 7.14 Å². The Kier molecular flexibility index (Phi) is 5.23. The molecule has 0 atom stereocenters. The lowest BCUT2D eigenvalue weighted by atomic mass is 10.5. The molecule has 64 valence electrons. The number of hydrogen-bond donors (Lipinski definition) is 0. The van der Waals surface area contributed by atoms with Crippen LogP contribution in [-0.2, 0) is 4.57 Å². The molecule has 0 saturated carbocycles. The highest BCUT2D eigenvalue weighted by molar-refractivity contribution is 7.63. The van der Waals surface area contributed by atoms with E-state index < -0.39 is 7.14 Å². The Morgan fingerprint density at radius 3 is 1.82 bits per heavy atom. The lowest BCUT2D eigenvalue weighted by Gasteiger charge is -2.09. The molecule has 0 fully saturated rings. The molecular formula is C9H17OP. The van der Waals surface area contributed by atoms with Gasteiger partial charge in [0.1, 0.15) is 0 Å². The van der Waals surface area contributed by atoms with Crippen LogP contribution in [0.15, 0.2) is 25.3 Å². The number of hydrogen-bond acceptors (Lipinski definition) is 1. The summed E-state index contributed by atoms with van der Waals surface area (Å²) >= 11 is 0. The highest BCUT2D eigenvalue weighted by Gasteiger charge is 2.11. The van der Waals surface area contributed by atoms with Crippen molar-refractivity contribution in [1.29, 1.82) is 0 Å². The van der Waals surface area contributed by atoms with Gasteiger partial charge in [0.15, 0.2) is 0 Å². The Hall–Kier alpha value is -0.290. The SMILES string of the molecule is C=CCCP(C)(=O)CCC=C. The van der Waals surface area contributed by atoms with Gasteiger partial charge in [0, 0.05) is 12.3 Å². The quantitative estimate of drug-likeness (QED) is 0.444. The van der Waals surface area contributed by atoms with Crippen LogP contribution in [0.5, 0.6) is 0 Å². The van der Waals surface area contributed by atoms with E-state index in [4.69, 9.17) is 0 Å². The van der Waals surface area contributed by atoms with Crippen LogP contribution < -0.4 is 0 Å². The molecule has 0 saturated heterocycles. The maximum absolute atomic E-state index is 11.6. The van der Waals surface area contributed by atoms with Gasteiger partial charge in [-0.3, -0.25) is 0 Å². The Morgan fingerprint density at radius 1 is 1.18 bits per heavy atom. The lowest BCUT2D eigenvalue weighted by molar-refractivity contribution is 0.578. The molecule has 11 heavy (non-hydrogen) atoms. The van der Waals surface area contributed by atoms with Crippen LogP contribution in [0.3, 0.4) is 0 Å². The van der Waals surface area contributed by atoms with Crippen molar-refractivity contribution in [3.8, 4) is 0 Å².